The molecule has 1 aromatic heterocycles. The van der Waals surface area contributed by atoms with E-state index >= 15 is 0 Å². The number of nitrogens with zero attached hydrogens (tertiary/aromatic N) is 2. The number of rotatable bonds is 6. The first-order valence-corrected chi connectivity index (χ1v) is 7.06. The molecule has 19 heavy (non-hydrogen) atoms. The number of hydrogen-bond acceptors (Lipinski definition) is 2. The van der Waals surface area contributed by atoms with Gasteiger partial charge in [-0.2, -0.15) is 0 Å². The van der Waals surface area contributed by atoms with Crippen molar-refractivity contribution in [2.75, 3.05) is 0 Å². The lowest BCUT2D eigenvalue weighted by atomic mass is 10.1. The van der Waals surface area contributed by atoms with Gasteiger partial charge in [-0.05, 0) is 25.0 Å². The van der Waals surface area contributed by atoms with Crippen LogP contribution >= 0.6 is 0 Å². The Morgan fingerprint density at radius 1 is 1.32 bits per heavy atom. The van der Waals surface area contributed by atoms with Crippen molar-refractivity contribution in [3.63, 3.8) is 0 Å². The van der Waals surface area contributed by atoms with Crippen molar-refractivity contribution < 1.29 is 4.39 Å². The number of hydrogen-bond donors (Lipinski definition) is 1. The maximum Gasteiger partial charge on any atom is 0.125 e. The molecule has 0 aliphatic rings. The van der Waals surface area contributed by atoms with Gasteiger partial charge >= 0.3 is 0 Å². The Morgan fingerprint density at radius 3 is 2.79 bits per heavy atom. The fourth-order valence-corrected chi connectivity index (χ4v) is 2.49. The summed E-state index contributed by atoms with van der Waals surface area (Å²) in [5.41, 5.74) is 7.84. The Kier molecular flexibility index (Phi) is 4.53. The second-order valence-corrected chi connectivity index (χ2v) is 5.07. The van der Waals surface area contributed by atoms with Gasteiger partial charge in [-0.15, -0.1) is 0 Å². The average Bonchev–Trinajstić information content (AvgIpc) is 2.67. The van der Waals surface area contributed by atoms with Crippen LogP contribution in [-0.4, -0.2) is 15.6 Å². The maximum absolute atomic E-state index is 13.3. The lowest BCUT2D eigenvalue weighted by molar-refractivity contribution is 0.557. The van der Waals surface area contributed by atoms with Crippen LogP contribution in [0.25, 0.3) is 11.0 Å². The molecule has 4 heteroatoms. The van der Waals surface area contributed by atoms with Crippen LogP contribution in [0.5, 0.6) is 0 Å². The highest BCUT2D eigenvalue weighted by Crippen LogP contribution is 2.19. The second kappa shape index (κ2) is 6.15. The van der Waals surface area contributed by atoms with Crippen LogP contribution in [0.15, 0.2) is 18.2 Å². The highest BCUT2D eigenvalue weighted by atomic mass is 19.1. The molecule has 0 spiro atoms. The summed E-state index contributed by atoms with van der Waals surface area (Å²) in [6.45, 7) is 5.16. The first kappa shape index (κ1) is 14.0. The Morgan fingerprint density at radius 2 is 2.11 bits per heavy atom. The van der Waals surface area contributed by atoms with Gasteiger partial charge in [0, 0.05) is 25.1 Å². The molecule has 0 amide bonds. The highest BCUT2D eigenvalue weighted by molar-refractivity contribution is 5.76. The minimum absolute atomic E-state index is 0.127. The summed E-state index contributed by atoms with van der Waals surface area (Å²) in [4.78, 5) is 4.56. The summed E-state index contributed by atoms with van der Waals surface area (Å²) < 4.78 is 15.4. The van der Waals surface area contributed by atoms with E-state index in [4.69, 9.17) is 5.73 Å². The molecule has 1 aromatic carbocycles. The number of aryl methyl sites for hydroxylation is 1. The third-order valence-electron chi connectivity index (χ3n) is 3.34. The van der Waals surface area contributed by atoms with Crippen LogP contribution in [0.2, 0.25) is 0 Å². The fraction of sp³-hybridized carbons (Fsp3) is 0.533. The molecule has 0 bridgehead atoms. The summed E-state index contributed by atoms with van der Waals surface area (Å²) in [5.74, 6) is 0.737. The molecule has 0 saturated carbocycles. The Labute approximate surface area is 113 Å². The quantitative estimate of drug-likeness (QED) is 0.869. The summed E-state index contributed by atoms with van der Waals surface area (Å²) >= 11 is 0. The first-order valence-electron chi connectivity index (χ1n) is 7.06. The Balaban J connectivity index is 2.38. The zero-order valence-electron chi connectivity index (χ0n) is 11.7. The van der Waals surface area contributed by atoms with Crippen LogP contribution in [0.3, 0.4) is 0 Å². The molecule has 2 N–H and O–H groups in total. The topological polar surface area (TPSA) is 43.8 Å². The molecule has 2 rings (SSSR count). The van der Waals surface area contributed by atoms with E-state index in [0.717, 1.165) is 49.1 Å². The highest BCUT2D eigenvalue weighted by Gasteiger charge is 2.13. The summed E-state index contributed by atoms with van der Waals surface area (Å²) in [5, 5.41) is 0. The van der Waals surface area contributed by atoms with E-state index in [1.54, 1.807) is 0 Å². The molecular formula is C15H22FN3. The maximum atomic E-state index is 13.3. The molecule has 1 heterocycles. The molecule has 0 aliphatic carbocycles. The number of halogens is 1. The number of aromatic nitrogens is 2. The zero-order chi connectivity index (χ0) is 13.8. The number of nitrogens with two attached hydrogens (primary N) is 1. The van der Waals surface area contributed by atoms with E-state index in [1.165, 1.54) is 12.1 Å². The lowest BCUT2D eigenvalue weighted by Gasteiger charge is -2.12. The van der Waals surface area contributed by atoms with Crippen LogP contribution < -0.4 is 5.73 Å². The van der Waals surface area contributed by atoms with Gasteiger partial charge in [0.05, 0.1) is 11.0 Å². The lowest BCUT2D eigenvalue weighted by Crippen LogP contribution is -2.24. The molecule has 1 atom stereocenters. The smallest absolute Gasteiger partial charge is 0.125 e. The van der Waals surface area contributed by atoms with Gasteiger partial charge in [0.25, 0.3) is 0 Å². The van der Waals surface area contributed by atoms with Crippen molar-refractivity contribution in [1.82, 2.24) is 9.55 Å². The monoisotopic (exact) mass is 263 g/mol. The standard InChI is InChI=1S/C15H22FN3/c1-3-5-12(17)10-15-18-13-9-11(16)6-7-14(13)19(15)8-4-2/h6-7,9,12H,3-5,8,10,17H2,1-2H3. The second-order valence-electron chi connectivity index (χ2n) is 5.07. The zero-order valence-corrected chi connectivity index (χ0v) is 11.7. The van der Waals surface area contributed by atoms with Crippen molar-refractivity contribution >= 4 is 11.0 Å². The van der Waals surface area contributed by atoms with Gasteiger partial charge in [-0.25, -0.2) is 9.37 Å². The first-order chi connectivity index (χ1) is 9.15. The Hall–Kier alpha value is -1.42. The van der Waals surface area contributed by atoms with Gasteiger partial charge in [-0.1, -0.05) is 20.3 Å². The van der Waals surface area contributed by atoms with Crippen molar-refractivity contribution in [2.45, 2.75) is 52.1 Å². The largest absolute Gasteiger partial charge is 0.328 e. The predicted molar refractivity (Wildman–Crippen MR) is 76.6 cm³/mol. The van der Waals surface area contributed by atoms with E-state index in [0.29, 0.717) is 0 Å². The SMILES string of the molecule is CCCC(N)Cc1nc2cc(F)ccc2n1CCC. The van der Waals surface area contributed by atoms with Crippen molar-refractivity contribution in [2.24, 2.45) is 5.73 Å². The molecule has 1 unspecified atom stereocenters. The van der Waals surface area contributed by atoms with E-state index in [1.807, 2.05) is 6.07 Å². The van der Waals surface area contributed by atoms with Gasteiger partial charge in [0.2, 0.25) is 0 Å². The van der Waals surface area contributed by atoms with Crippen molar-refractivity contribution in [3.05, 3.63) is 29.8 Å². The molecule has 0 saturated heterocycles. The van der Waals surface area contributed by atoms with Crippen molar-refractivity contribution in [3.8, 4) is 0 Å². The summed E-state index contributed by atoms with van der Waals surface area (Å²) in [6.07, 6.45) is 3.84. The fourth-order valence-electron chi connectivity index (χ4n) is 2.49. The van der Waals surface area contributed by atoms with Gasteiger partial charge in [0.15, 0.2) is 0 Å². The normalized spacial score (nSPS) is 13.1. The molecule has 3 nitrogen and oxygen atoms in total. The van der Waals surface area contributed by atoms with E-state index < -0.39 is 0 Å². The molecular weight excluding hydrogens is 241 g/mol. The summed E-state index contributed by atoms with van der Waals surface area (Å²) in [7, 11) is 0. The van der Waals surface area contributed by atoms with Crippen LogP contribution in [-0.2, 0) is 13.0 Å². The molecule has 104 valence electrons. The van der Waals surface area contributed by atoms with Crippen LogP contribution in [0.1, 0.15) is 38.9 Å². The van der Waals surface area contributed by atoms with Crippen molar-refractivity contribution in [1.29, 1.82) is 0 Å². The molecule has 0 radical (unpaired) electrons. The number of benzene rings is 1. The predicted octanol–water partition coefficient (Wildman–Crippen LogP) is 3.26. The van der Waals surface area contributed by atoms with Gasteiger partial charge < -0.3 is 10.3 Å². The van der Waals surface area contributed by atoms with Crippen LogP contribution in [0, 0.1) is 5.82 Å². The van der Waals surface area contributed by atoms with Crippen LogP contribution in [0.4, 0.5) is 4.39 Å². The third kappa shape index (κ3) is 3.13. The van der Waals surface area contributed by atoms with E-state index in [2.05, 4.69) is 23.4 Å². The third-order valence-corrected chi connectivity index (χ3v) is 3.34. The molecule has 0 fully saturated rings. The number of fused-ring (bicyclic) bond motifs is 1. The molecule has 2 aromatic rings. The average molecular weight is 263 g/mol. The minimum atomic E-state index is -0.238. The summed E-state index contributed by atoms with van der Waals surface area (Å²) in [6, 6.07) is 4.92. The Bertz CT molecular complexity index is 548. The number of imidazole rings is 1. The van der Waals surface area contributed by atoms with E-state index in [9.17, 15) is 4.39 Å². The van der Waals surface area contributed by atoms with Gasteiger partial charge in [-0.3, -0.25) is 0 Å². The minimum Gasteiger partial charge on any atom is -0.328 e. The van der Waals surface area contributed by atoms with E-state index in [-0.39, 0.29) is 11.9 Å². The molecule has 0 aliphatic heterocycles. The van der Waals surface area contributed by atoms with Gasteiger partial charge in [0.1, 0.15) is 11.6 Å².